The van der Waals surface area contributed by atoms with Crippen molar-refractivity contribution >= 4 is 0 Å². The van der Waals surface area contributed by atoms with Crippen LogP contribution in [0.25, 0.3) is 56.4 Å². The lowest BCUT2D eigenvalue weighted by Gasteiger charge is -2.24. The van der Waals surface area contributed by atoms with E-state index in [2.05, 4.69) is 228 Å². The smallest absolute Gasteiger partial charge is 0.144 e. The Balaban J connectivity index is 0.875. The van der Waals surface area contributed by atoms with E-state index in [-0.39, 0.29) is 0 Å². The summed E-state index contributed by atoms with van der Waals surface area (Å²) in [4.78, 5) is 9.88. The minimum Gasteiger partial charge on any atom is -0.299 e. The number of aromatic nitrogens is 4. The number of nitrogens with zero attached hydrogens (tertiary/aromatic N) is 4. The second kappa shape index (κ2) is 19.6. The summed E-state index contributed by atoms with van der Waals surface area (Å²) in [5.41, 5.74) is 20.4. The van der Waals surface area contributed by atoms with Gasteiger partial charge < -0.3 is 0 Å². The van der Waals surface area contributed by atoms with Gasteiger partial charge in [0.15, 0.2) is 0 Å². The number of imidazole rings is 2. The highest BCUT2D eigenvalue weighted by atomic mass is 15.1. The summed E-state index contributed by atoms with van der Waals surface area (Å²) in [6, 6.07) is 58.1. The molecule has 4 nitrogen and oxygen atoms in total. The predicted molar refractivity (Wildman–Crippen MR) is 277 cm³/mol. The topological polar surface area (TPSA) is 35.6 Å². The standard InChI is InChI=1S/C62H62N4/c1-42(2)56-39-54(50-18-10-8-11-19-50)36-45(7)59(56)65-34-32-63-61(65)52-22-14-16-48(37-52)30-28-46-24-26-47(27-25-46)29-31-49-17-15-23-53(38-49)62-64-33-35-66(62)60-57(43(3)4)40-55(41-58(60)44(5)6)51-20-12-9-13-21-51/h8-27,32-44H,28-31H2,1-7H3. The molecule has 7 aromatic carbocycles. The molecular formula is C62H62N4. The van der Waals surface area contributed by atoms with Gasteiger partial charge in [0.25, 0.3) is 0 Å². The average molecular weight is 863 g/mol. The van der Waals surface area contributed by atoms with Gasteiger partial charge in [-0.25, -0.2) is 9.97 Å². The molecule has 0 N–H and O–H groups in total. The minimum absolute atomic E-state index is 0.347. The molecule has 330 valence electrons. The second-order valence-electron chi connectivity index (χ2n) is 18.9. The van der Waals surface area contributed by atoms with Gasteiger partial charge in [-0.15, -0.1) is 0 Å². The highest BCUT2D eigenvalue weighted by Crippen LogP contribution is 2.39. The Morgan fingerprint density at radius 3 is 1.18 bits per heavy atom. The van der Waals surface area contributed by atoms with E-state index in [1.54, 1.807) is 0 Å². The van der Waals surface area contributed by atoms with E-state index in [1.165, 1.54) is 78.1 Å². The molecule has 4 heteroatoms. The van der Waals surface area contributed by atoms with Crippen LogP contribution < -0.4 is 0 Å². The first kappa shape index (κ1) is 44.2. The van der Waals surface area contributed by atoms with Gasteiger partial charge in [-0.2, -0.15) is 0 Å². The van der Waals surface area contributed by atoms with Crippen LogP contribution in [-0.4, -0.2) is 19.1 Å². The van der Waals surface area contributed by atoms with Crippen molar-refractivity contribution in [2.75, 3.05) is 0 Å². The Bertz CT molecular complexity index is 3030. The summed E-state index contributed by atoms with van der Waals surface area (Å²) in [5, 5.41) is 0. The lowest BCUT2D eigenvalue weighted by atomic mass is 9.88. The van der Waals surface area contributed by atoms with Crippen molar-refractivity contribution in [1.29, 1.82) is 0 Å². The fourth-order valence-electron chi connectivity index (χ4n) is 9.59. The van der Waals surface area contributed by atoms with Crippen molar-refractivity contribution in [1.82, 2.24) is 19.1 Å². The number of aryl methyl sites for hydroxylation is 5. The summed E-state index contributed by atoms with van der Waals surface area (Å²) in [6.45, 7) is 16.0. The molecule has 2 heterocycles. The maximum Gasteiger partial charge on any atom is 0.144 e. The van der Waals surface area contributed by atoms with Crippen molar-refractivity contribution in [3.8, 4) is 56.4 Å². The summed E-state index contributed by atoms with van der Waals surface area (Å²) in [7, 11) is 0. The van der Waals surface area contributed by atoms with Crippen LogP contribution in [0.5, 0.6) is 0 Å². The molecule has 0 unspecified atom stereocenters. The lowest BCUT2D eigenvalue weighted by molar-refractivity contribution is 0.807. The first-order valence-electron chi connectivity index (χ1n) is 23.9. The molecule has 0 aliphatic carbocycles. The van der Waals surface area contributed by atoms with Crippen molar-refractivity contribution in [2.24, 2.45) is 0 Å². The van der Waals surface area contributed by atoms with Crippen LogP contribution >= 0.6 is 0 Å². The largest absolute Gasteiger partial charge is 0.299 e. The van der Waals surface area contributed by atoms with Crippen molar-refractivity contribution < 1.29 is 0 Å². The quantitative estimate of drug-likeness (QED) is 0.103. The van der Waals surface area contributed by atoms with Crippen LogP contribution in [0.4, 0.5) is 0 Å². The van der Waals surface area contributed by atoms with Gasteiger partial charge >= 0.3 is 0 Å². The number of rotatable bonds is 15. The normalized spacial score (nSPS) is 11.6. The van der Waals surface area contributed by atoms with E-state index in [1.807, 2.05) is 12.4 Å². The molecule has 2 aromatic heterocycles. The fourth-order valence-corrected chi connectivity index (χ4v) is 9.59. The third-order valence-electron chi connectivity index (χ3n) is 13.1. The Morgan fingerprint density at radius 2 is 0.742 bits per heavy atom. The Kier molecular flexibility index (Phi) is 13.1. The highest BCUT2D eigenvalue weighted by Gasteiger charge is 2.22. The molecule has 0 amide bonds. The third-order valence-corrected chi connectivity index (χ3v) is 13.1. The summed E-state index contributed by atoms with van der Waals surface area (Å²) >= 11 is 0. The van der Waals surface area contributed by atoms with Gasteiger partial charge in [-0.1, -0.05) is 163 Å². The summed E-state index contributed by atoms with van der Waals surface area (Å²) in [6.07, 6.45) is 12.0. The molecule has 0 aliphatic heterocycles. The maximum atomic E-state index is 4.97. The molecule has 0 aliphatic rings. The molecule has 9 aromatic rings. The first-order chi connectivity index (χ1) is 32.1. The molecule has 0 saturated heterocycles. The Morgan fingerprint density at radius 1 is 0.364 bits per heavy atom. The maximum absolute atomic E-state index is 4.97. The second-order valence-corrected chi connectivity index (χ2v) is 18.9. The monoisotopic (exact) mass is 862 g/mol. The zero-order valence-corrected chi connectivity index (χ0v) is 39.7. The van der Waals surface area contributed by atoms with E-state index in [4.69, 9.17) is 9.97 Å². The van der Waals surface area contributed by atoms with Gasteiger partial charge in [0, 0.05) is 35.9 Å². The van der Waals surface area contributed by atoms with E-state index in [0.717, 1.165) is 48.5 Å². The third kappa shape index (κ3) is 9.51. The van der Waals surface area contributed by atoms with Crippen molar-refractivity contribution in [3.63, 3.8) is 0 Å². The fraction of sp³-hybridized carbons (Fsp3) is 0.226. The number of benzene rings is 7. The zero-order chi connectivity index (χ0) is 45.7. The average Bonchev–Trinajstić information content (AvgIpc) is 4.04. The Hall–Kier alpha value is -7.04. The molecule has 0 fully saturated rings. The van der Waals surface area contributed by atoms with Crippen LogP contribution in [0, 0.1) is 6.92 Å². The van der Waals surface area contributed by atoms with Crippen molar-refractivity contribution in [3.05, 3.63) is 227 Å². The first-order valence-corrected chi connectivity index (χ1v) is 23.9. The van der Waals surface area contributed by atoms with Gasteiger partial charge in [0.2, 0.25) is 0 Å². The number of hydrogen-bond donors (Lipinski definition) is 0. The molecule has 66 heavy (non-hydrogen) atoms. The van der Waals surface area contributed by atoms with Crippen LogP contribution in [0.2, 0.25) is 0 Å². The molecule has 0 spiro atoms. The highest BCUT2D eigenvalue weighted by molar-refractivity contribution is 5.73. The predicted octanol–water partition coefficient (Wildman–Crippen LogP) is 16.0. The van der Waals surface area contributed by atoms with Crippen molar-refractivity contribution in [2.45, 2.75) is 91.9 Å². The molecule has 0 radical (unpaired) electrons. The molecule has 9 rings (SSSR count). The lowest BCUT2D eigenvalue weighted by Crippen LogP contribution is -2.09. The molecule has 0 atom stereocenters. The van der Waals surface area contributed by atoms with Crippen LogP contribution in [-0.2, 0) is 25.7 Å². The van der Waals surface area contributed by atoms with E-state index >= 15 is 0 Å². The minimum atomic E-state index is 0.347. The van der Waals surface area contributed by atoms with Crippen LogP contribution in [0.15, 0.2) is 183 Å². The summed E-state index contributed by atoms with van der Waals surface area (Å²) in [5.74, 6) is 3.01. The van der Waals surface area contributed by atoms with Gasteiger partial charge in [0.1, 0.15) is 11.6 Å². The van der Waals surface area contributed by atoms with Gasteiger partial charge in [0.05, 0.1) is 11.4 Å². The van der Waals surface area contributed by atoms with E-state index in [9.17, 15) is 0 Å². The molecule has 0 saturated carbocycles. The van der Waals surface area contributed by atoms with Crippen LogP contribution in [0.1, 0.15) is 104 Å². The SMILES string of the molecule is Cc1cc(-c2ccccc2)cc(C(C)C)c1-n1ccnc1-c1cccc(CCc2ccc(CCc3cccc(-c4nccn4-c4c(C(C)C)cc(-c5ccccc5)cc4C(C)C)c3)cc2)c1. The summed E-state index contributed by atoms with van der Waals surface area (Å²) < 4.78 is 4.62. The van der Waals surface area contributed by atoms with E-state index < -0.39 is 0 Å². The Labute approximate surface area is 392 Å². The van der Waals surface area contributed by atoms with Gasteiger partial charge in [-0.05, 0) is 154 Å². The van der Waals surface area contributed by atoms with Gasteiger partial charge in [-0.3, -0.25) is 9.13 Å². The molecular weight excluding hydrogens is 801 g/mol. The van der Waals surface area contributed by atoms with Crippen LogP contribution in [0.3, 0.4) is 0 Å². The zero-order valence-electron chi connectivity index (χ0n) is 39.7. The van der Waals surface area contributed by atoms with E-state index in [0.29, 0.717) is 17.8 Å². The molecule has 0 bridgehead atoms. The number of hydrogen-bond acceptors (Lipinski definition) is 2.